The Morgan fingerprint density at radius 3 is 2.52 bits per heavy atom. The summed E-state index contributed by atoms with van der Waals surface area (Å²) in [6.07, 6.45) is 5.62. The molecule has 1 aliphatic rings. The molecule has 5 nitrogen and oxygen atoms in total. The van der Waals surface area contributed by atoms with E-state index in [0.29, 0.717) is 5.11 Å². The molecule has 0 spiro atoms. The normalized spacial score (nSPS) is 18.3. The Morgan fingerprint density at radius 1 is 0.968 bits per heavy atom. The van der Waals surface area contributed by atoms with Crippen molar-refractivity contribution in [1.29, 1.82) is 0 Å². The van der Waals surface area contributed by atoms with Crippen LogP contribution in [0.25, 0.3) is 5.82 Å². The number of nitrogens with zero attached hydrogens (tertiary/aromatic N) is 4. The topological polar surface area (TPSA) is 46.0 Å². The van der Waals surface area contributed by atoms with Crippen molar-refractivity contribution < 1.29 is 4.39 Å². The van der Waals surface area contributed by atoms with Crippen LogP contribution < -0.4 is 10.2 Å². The molecular weight excluding hydrogens is 409 g/mol. The fraction of sp³-hybridized carbons (Fsp3) is 0.125. The Hall–Kier alpha value is -3.58. The molecule has 0 unspecified atom stereocenters. The minimum atomic E-state index is -0.285. The number of pyridine rings is 2. The molecule has 0 aliphatic carbocycles. The number of thiocarbonyl (C=S) groups is 1. The van der Waals surface area contributed by atoms with Gasteiger partial charge in [-0.3, -0.25) is 4.98 Å². The van der Waals surface area contributed by atoms with Crippen molar-refractivity contribution in [2.75, 3.05) is 4.90 Å². The van der Waals surface area contributed by atoms with Crippen LogP contribution in [-0.4, -0.2) is 19.6 Å². The van der Waals surface area contributed by atoms with Gasteiger partial charge in [0.1, 0.15) is 17.7 Å². The summed E-state index contributed by atoms with van der Waals surface area (Å²) in [5, 5.41) is 3.99. The molecule has 1 fully saturated rings. The quantitative estimate of drug-likeness (QED) is 0.468. The van der Waals surface area contributed by atoms with Crippen molar-refractivity contribution >= 4 is 23.0 Å². The molecule has 3 aromatic heterocycles. The van der Waals surface area contributed by atoms with Crippen LogP contribution in [0.5, 0.6) is 0 Å². The molecule has 31 heavy (non-hydrogen) atoms. The average Bonchev–Trinajstić information content (AvgIpc) is 3.40. The zero-order valence-corrected chi connectivity index (χ0v) is 17.6. The van der Waals surface area contributed by atoms with E-state index in [1.807, 2.05) is 60.6 Å². The van der Waals surface area contributed by atoms with Crippen molar-refractivity contribution in [3.05, 3.63) is 108 Å². The van der Waals surface area contributed by atoms with Crippen molar-refractivity contribution in [1.82, 2.24) is 19.9 Å². The van der Waals surface area contributed by atoms with Crippen LogP contribution in [0.1, 0.15) is 29.0 Å². The molecular formula is C24H20FN5S. The van der Waals surface area contributed by atoms with E-state index >= 15 is 0 Å². The summed E-state index contributed by atoms with van der Waals surface area (Å²) in [5.74, 6) is 0.536. The molecule has 154 valence electrons. The number of hydrogen-bond acceptors (Lipinski definition) is 3. The highest BCUT2D eigenvalue weighted by molar-refractivity contribution is 7.80. The molecule has 0 amide bonds. The number of hydrogen-bond donors (Lipinski definition) is 1. The van der Waals surface area contributed by atoms with Gasteiger partial charge in [-0.15, -0.1) is 0 Å². The lowest BCUT2D eigenvalue weighted by molar-refractivity contribution is 0.548. The van der Waals surface area contributed by atoms with E-state index in [0.717, 1.165) is 28.5 Å². The molecule has 0 saturated carbocycles. The number of rotatable bonds is 4. The predicted molar refractivity (Wildman–Crippen MR) is 123 cm³/mol. The summed E-state index contributed by atoms with van der Waals surface area (Å²) >= 11 is 5.73. The molecule has 1 aliphatic heterocycles. The Bertz CT molecular complexity index is 1200. The third-order valence-corrected chi connectivity index (χ3v) is 5.74. The maximum atomic E-state index is 13.6. The molecule has 2 atom stereocenters. The smallest absolute Gasteiger partial charge is 0.174 e. The number of benzene rings is 1. The van der Waals surface area contributed by atoms with E-state index < -0.39 is 0 Å². The van der Waals surface area contributed by atoms with Gasteiger partial charge in [0.15, 0.2) is 5.11 Å². The Morgan fingerprint density at radius 2 is 1.81 bits per heavy atom. The van der Waals surface area contributed by atoms with Gasteiger partial charge in [-0.25, -0.2) is 9.37 Å². The van der Waals surface area contributed by atoms with Crippen LogP contribution in [0, 0.1) is 12.7 Å². The number of anilines is 1. The van der Waals surface area contributed by atoms with E-state index in [4.69, 9.17) is 12.2 Å². The Labute approximate surface area is 185 Å². The molecule has 4 heterocycles. The second kappa shape index (κ2) is 7.92. The molecule has 1 saturated heterocycles. The van der Waals surface area contributed by atoms with Gasteiger partial charge in [-0.2, -0.15) is 0 Å². The summed E-state index contributed by atoms with van der Waals surface area (Å²) in [6, 6.07) is 19.9. The van der Waals surface area contributed by atoms with Gasteiger partial charge in [-0.05, 0) is 79.3 Å². The molecule has 0 bridgehead atoms. The summed E-state index contributed by atoms with van der Waals surface area (Å²) in [5.41, 5.74) is 3.79. The van der Waals surface area contributed by atoms with Crippen LogP contribution in [0.3, 0.4) is 0 Å². The van der Waals surface area contributed by atoms with Crippen LogP contribution in [0.4, 0.5) is 10.1 Å². The molecule has 1 aromatic carbocycles. The third-order valence-electron chi connectivity index (χ3n) is 5.43. The second-order valence-corrected chi connectivity index (χ2v) is 7.86. The van der Waals surface area contributed by atoms with Crippen molar-refractivity contribution in [3.63, 3.8) is 0 Å². The molecule has 5 rings (SSSR count). The zero-order valence-electron chi connectivity index (χ0n) is 16.8. The van der Waals surface area contributed by atoms with Gasteiger partial charge in [0, 0.05) is 30.0 Å². The lowest BCUT2D eigenvalue weighted by atomic mass is 10.0. The summed E-state index contributed by atoms with van der Waals surface area (Å²) in [4.78, 5) is 11.2. The first-order valence-electron chi connectivity index (χ1n) is 9.98. The van der Waals surface area contributed by atoms with Gasteiger partial charge in [0.05, 0.1) is 11.7 Å². The van der Waals surface area contributed by atoms with E-state index in [1.165, 1.54) is 12.1 Å². The van der Waals surface area contributed by atoms with Gasteiger partial charge < -0.3 is 14.8 Å². The van der Waals surface area contributed by atoms with Crippen LogP contribution >= 0.6 is 12.2 Å². The van der Waals surface area contributed by atoms with E-state index in [2.05, 4.69) is 25.9 Å². The predicted octanol–water partition coefficient (Wildman–Crippen LogP) is 4.89. The maximum absolute atomic E-state index is 13.6. The molecule has 1 N–H and O–H groups in total. The molecule has 0 radical (unpaired) electrons. The highest BCUT2D eigenvalue weighted by Gasteiger charge is 2.42. The van der Waals surface area contributed by atoms with E-state index in [1.54, 1.807) is 18.3 Å². The van der Waals surface area contributed by atoms with Gasteiger partial charge in [0.2, 0.25) is 0 Å². The zero-order chi connectivity index (χ0) is 21.4. The van der Waals surface area contributed by atoms with Gasteiger partial charge >= 0.3 is 0 Å². The Kier molecular flexibility index (Phi) is 4.95. The average molecular weight is 430 g/mol. The van der Waals surface area contributed by atoms with Gasteiger partial charge in [-0.1, -0.05) is 12.1 Å². The lowest BCUT2D eigenvalue weighted by Gasteiger charge is -2.28. The van der Waals surface area contributed by atoms with Crippen LogP contribution in [0.2, 0.25) is 0 Å². The standard InChI is InChI=1S/C24H20FN5S/c1-16-7-12-21(27-15-16)29-14-4-6-20(29)23-22(19-5-2-3-13-26-19)28-24(31)30(23)18-10-8-17(25)9-11-18/h2-15,22-23H,1H3,(H,28,31)/t22-,23+/m1/s1. The number of halogens is 1. The number of aromatic nitrogens is 3. The SMILES string of the molecule is Cc1ccc(-n2cccc2[C@H]2[C@@H](c3ccccn3)NC(=S)N2c2ccc(F)cc2)nc1. The minimum Gasteiger partial charge on any atom is -0.351 e. The highest BCUT2D eigenvalue weighted by atomic mass is 32.1. The molecule has 4 aromatic rings. The van der Waals surface area contributed by atoms with Gasteiger partial charge in [0.25, 0.3) is 0 Å². The monoisotopic (exact) mass is 429 g/mol. The van der Waals surface area contributed by atoms with E-state index in [-0.39, 0.29) is 17.9 Å². The fourth-order valence-electron chi connectivity index (χ4n) is 3.98. The van der Waals surface area contributed by atoms with E-state index in [9.17, 15) is 4.39 Å². The summed E-state index contributed by atoms with van der Waals surface area (Å²) < 4.78 is 15.7. The first-order chi connectivity index (χ1) is 15.1. The largest absolute Gasteiger partial charge is 0.351 e. The maximum Gasteiger partial charge on any atom is 0.174 e. The summed E-state index contributed by atoms with van der Waals surface area (Å²) in [6.45, 7) is 2.01. The van der Waals surface area contributed by atoms with Crippen molar-refractivity contribution in [2.45, 2.75) is 19.0 Å². The first kappa shape index (κ1) is 19.4. The number of aryl methyl sites for hydroxylation is 1. The highest BCUT2D eigenvalue weighted by Crippen LogP contribution is 2.42. The third kappa shape index (κ3) is 3.57. The van der Waals surface area contributed by atoms with Crippen molar-refractivity contribution in [2.24, 2.45) is 0 Å². The van der Waals surface area contributed by atoms with Crippen LogP contribution in [-0.2, 0) is 0 Å². The second-order valence-electron chi connectivity index (χ2n) is 7.47. The van der Waals surface area contributed by atoms with Crippen LogP contribution in [0.15, 0.2) is 85.3 Å². The van der Waals surface area contributed by atoms with Crippen molar-refractivity contribution in [3.8, 4) is 5.82 Å². The molecule has 7 heteroatoms. The summed E-state index contributed by atoms with van der Waals surface area (Å²) in [7, 11) is 0. The Balaban J connectivity index is 1.66. The lowest BCUT2D eigenvalue weighted by Crippen LogP contribution is -2.30. The first-order valence-corrected chi connectivity index (χ1v) is 10.4. The number of nitrogens with one attached hydrogen (secondary N) is 1. The fourth-order valence-corrected chi connectivity index (χ4v) is 4.33. The minimum absolute atomic E-state index is 0.183.